The summed E-state index contributed by atoms with van der Waals surface area (Å²) < 4.78 is 16.2. The second kappa shape index (κ2) is 3.79. The Morgan fingerprint density at radius 1 is 1.19 bits per heavy atom. The van der Waals surface area contributed by atoms with E-state index in [-0.39, 0.29) is 11.9 Å². The number of carbonyl (C=O) groups excluding carboxylic acids is 1. The average Bonchev–Trinajstić information content (AvgIpc) is 2.82. The van der Waals surface area contributed by atoms with Gasteiger partial charge in [-0.2, -0.15) is 0 Å². The molecule has 2 atom stereocenters. The molecule has 0 N–H and O–H groups in total. The molecule has 1 aromatic carbocycles. The Morgan fingerprint density at radius 2 is 2.06 bits per heavy atom. The summed E-state index contributed by atoms with van der Waals surface area (Å²) in [6, 6.07) is 7.14. The number of fused-ring (bicyclic) bond motifs is 1. The number of para-hydroxylation sites is 1. The number of hydrogen-bond donors (Lipinski definition) is 0. The molecular weight excluding hydrogens is 208 g/mol. The van der Waals surface area contributed by atoms with Crippen molar-refractivity contribution in [1.29, 1.82) is 0 Å². The number of rotatable bonds is 1. The molecule has 0 saturated carbocycles. The van der Waals surface area contributed by atoms with Crippen molar-refractivity contribution in [2.75, 3.05) is 13.2 Å². The van der Waals surface area contributed by atoms with Gasteiger partial charge in [-0.3, -0.25) is 0 Å². The number of hydrogen-bond acceptors (Lipinski definition) is 4. The van der Waals surface area contributed by atoms with Gasteiger partial charge in [0.25, 0.3) is 0 Å². The van der Waals surface area contributed by atoms with Crippen molar-refractivity contribution in [1.82, 2.24) is 0 Å². The summed E-state index contributed by atoms with van der Waals surface area (Å²) in [5, 5.41) is 0. The van der Waals surface area contributed by atoms with Crippen LogP contribution in [0.1, 0.15) is 16.8 Å². The third-order valence-corrected chi connectivity index (χ3v) is 2.92. The molecule has 4 nitrogen and oxygen atoms in total. The first-order valence-corrected chi connectivity index (χ1v) is 5.39. The predicted molar refractivity (Wildman–Crippen MR) is 55.2 cm³/mol. The second-order valence-corrected chi connectivity index (χ2v) is 4.01. The van der Waals surface area contributed by atoms with Crippen molar-refractivity contribution in [3.05, 3.63) is 29.8 Å². The van der Waals surface area contributed by atoms with Crippen LogP contribution in [0.4, 0.5) is 0 Å². The molecule has 0 bridgehead atoms. The van der Waals surface area contributed by atoms with E-state index in [9.17, 15) is 4.79 Å². The molecule has 0 spiro atoms. The van der Waals surface area contributed by atoms with Crippen LogP contribution in [0.3, 0.4) is 0 Å². The van der Waals surface area contributed by atoms with Crippen LogP contribution < -0.4 is 4.74 Å². The smallest absolute Gasteiger partial charge is 0.345 e. The van der Waals surface area contributed by atoms with Gasteiger partial charge in [-0.15, -0.1) is 0 Å². The summed E-state index contributed by atoms with van der Waals surface area (Å²) >= 11 is 0. The lowest BCUT2D eigenvalue weighted by Crippen LogP contribution is -2.36. The lowest BCUT2D eigenvalue weighted by atomic mass is 10.1. The van der Waals surface area contributed by atoms with Gasteiger partial charge in [0, 0.05) is 6.61 Å². The maximum absolute atomic E-state index is 11.7. The Bertz CT molecular complexity index is 409. The van der Waals surface area contributed by atoms with Gasteiger partial charge in [0.1, 0.15) is 11.3 Å². The van der Waals surface area contributed by atoms with Crippen LogP contribution in [-0.2, 0) is 9.47 Å². The number of ether oxygens (including phenoxy) is 3. The van der Waals surface area contributed by atoms with Crippen LogP contribution >= 0.6 is 0 Å². The molecule has 4 heteroatoms. The van der Waals surface area contributed by atoms with E-state index in [1.807, 2.05) is 6.07 Å². The van der Waals surface area contributed by atoms with E-state index in [4.69, 9.17) is 14.2 Å². The van der Waals surface area contributed by atoms with Gasteiger partial charge in [0.15, 0.2) is 0 Å². The average molecular weight is 220 g/mol. The van der Waals surface area contributed by atoms with Crippen LogP contribution in [0, 0.1) is 5.92 Å². The zero-order valence-corrected chi connectivity index (χ0v) is 8.72. The predicted octanol–water partition coefficient (Wildman–Crippen LogP) is 1.60. The Kier molecular flexibility index (Phi) is 2.29. The Morgan fingerprint density at radius 3 is 2.88 bits per heavy atom. The van der Waals surface area contributed by atoms with Crippen LogP contribution in [0.2, 0.25) is 0 Å². The maximum Gasteiger partial charge on any atom is 0.345 e. The summed E-state index contributed by atoms with van der Waals surface area (Å²) in [5.74, 6) is 0.451. The first-order chi connectivity index (χ1) is 7.84. The van der Waals surface area contributed by atoms with E-state index in [2.05, 4.69) is 0 Å². The van der Waals surface area contributed by atoms with Gasteiger partial charge in [-0.1, -0.05) is 12.1 Å². The highest BCUT2D eigenvalue weighted by Crippen LogP contribution is 2.30. The summed E-state index contributed by atoms with van der Waals surface area (Å²) in [5.41, 5.74) is 0.498. The molecule has 2 aliphatic heterocycles. The van der Waals surface area contributed by atoms with Crippen LogP contribution in [0.5, 0.6) is 5.75 Å². The molecule has 16 heavy (non-hydrogen) atoms. The zero-order chi connectivity index (χ0) is 11.0. The van der Waals surface area contributed by atoms with E-state index in [1.54, 1.807) is 18.2 Å². The van der Waals surface area contributed by atoms with E-state index >= 15 is 0 Å². The van der Waals surface area contributed by atoms with Crippen molar-refractivity contribution in [2.45, 2.75) is 12.7 Å². The van der Waals surface area contributed by atoms with Gasteiger partial charge >= 0.3 is 5.97 Å². The van der Waals surface area contributed by atoms with E-state index in [0.717, 1.165) is 6.42 Å². The number of esters is 1. The van der Waals surface area contributed by atoms with Crippen LogP contribution in [-0.4, -0.2) is 25.5 Å². The van der Waals surface area contributed by atoms with Gasteiger partial charge < -0.3 is 14.2 Å². The highest BCUT2D eigenvalue weighted by atomic mass is 16.7. The first-order valence-electron chi connectivity index (χ1n) is 5.39. The van der Waals surface area contributed by atoms with E-state index < -0.39 is 6.29 Å². The molecule has 1 saturated heterocycles. The fourth-order valence-corrected chi connectivity index (χ4v) is 2.02. The Hall–Kier alpha value is -1.55. The van der Waals surface area contributed by atoms with Crippen molar-refractivity contribution in [3.8, 4) is 5.75 Å². The van der Waals surface area contributed by atoms with Crippen LogP contribution in [0.25, 0.3) is 0 Å². The zero-order valence-electron chi connectivity index (χ0n) is 8.72. The third kappa shape index (κ3) is 1.55. The highest BCUT2D eigenvalue weighted by Gasteiger charge is 2.35. The Balaban J connectivity index is 1.85. The standard InChI is InChI=1S/C12H12O4/c13-11-9-3-1-2-4-10(9)15-12(16-11)8-5-6-14-7-8/h1-4,8,12H,5-7H2. The monoisotopic (exact) mass is 220 g/mol. The van der Waals surface area contributed by atoms with Gasteiger partial charge in [-0.25, -0.2) is 4.79 Å². The molecule has 2 heterocycles. The SMILES string of the molecule is O=C1OC(C2CCOC2)Oc2ccccc21. The largest absolute Gasteiger partial charge is 0.453 e. The van der Waals surface area contributed by atoms with Crippen molar-refractivity contribution >= 4 is 5.97 Å². The fourth-order valence-electron chi connectivity index (χ4n) is 2.02. The normalized spacial score (nSPS) is 28.1. The molecule has 84 valence electrons. The summed E-state index contributed by atoms with van der Waals surface area (Å²) in [6.45, 7) is 1.31. The fraction of sp³-hybridized carbons (Fsp3) is 0.417. The molecule has 0 radical (unpaired) electrons. The van der Waals surface area contributed by atoms with Crippen LogP contribution in [0.15, 0.2) is 24.3 Å². The van der Waals surface area contributed by atoms with Crippen molar-refractivity contribution < 1.29 is 19.0 Å². The highest BCUT2D eigenvalue weighted by molar-refractivity contribution is 5.93. The topological polar surface area (TPSA) is 44.8 Å². The Labute approximate surface area is 93.1 Å². The molecular formula is C12H12O4. The van der Waals surface area contributed by atoms with Gasteiger partial charge in [-0.05, 0) is 18.6 Å². The molecule has 1 aromatic rings. The minimum Gasteiger partial charge on any atom is -0.453 e. The summed E-state index contributed by atoms with van der Waals surface area (Å²) in [7, 11) is 0. The van der Waals surface area contributed by atoms with E-state index in [0.29, 0.717) is 24.5 Å². The van der Waals surface area contributed by atoms with Crippen molar-refractivity contribution in [3.63, 3.8) is 0 Å². The molecule has 2 unspecified atom stereocenters. The summed E-state index contributed by atoms with van der Waals surface area (Å²) in [6.07, 6.45) is 0.380. The lowest BCUT2D eigenvalue weighted by molar-refractivity contribution is -0.0918. The quantitative estimate of drug-likeness (QED) is 0.674. The summed E-state index contributed by atoms with van der Waals surface area (Å²) in [4.78, 5) is 11.7. The molecule has 0 aliphatic carbocycles. The third-order valence-electron chi connectivity index (χ3n) is 2.92. The van der Waals surface area contributed by atoms with Gasteiger partial charge in [0.2, 0.25) is 6.29 Å². The molecule has 0 amide bonds. The minimum atomic E-state index is -0.495. The minimum absolute atomic E-state index is 0.150. The van der Waals surface area contributed by atoms with E-state index in [1.165, 1.54) is 0 Å². The number of cyclic esters (lactones) is 1. The molecule has 2 aliphatic rings. The maximum atomic E-state index is 11.7. The number of benzene rings is 1. The number of carbonyl (C=O) groups is 1. The second-order valence-electron chi connectivity index (χ2n) is 4.01. The van der Waals surface area contributed by atoms with Gasteiger partial charge in [0.05, 0.1) is 12.5 Å². The lowest BCUT2D eigenvalue weighted by Gasteiger charge is -2.28. The van der Waals surface area contributed by atoms with Crippen molar-refractivity contribution in [2.24, 2.45) is 5.92 Å². The molecule has 0 aromatic heterocycles. The molecule has 1 fully saturated rings. The molecule has 3 rings (SSSR count). The first kappa shape index (κ1) is 9.66.